The predicted octanol–water partition coefficient (Wildman–Crippen LogP) is 3.98. The van der Waals surface area contributed by atoms with Crippen LogP contribution in [0.3, 0.4) is 0 Å². The van der Waals surface area contributed by atoms with Crippen molar-refractivity contribution >= 4 is 27.5 Å². The van der Waals surface area contributed by atoms with Crippen molar-refractivity contribution in [3.8, 4) is 0 Å². The monoisotopic (exact) mass is 434 g/mol. The van der Waals surface area contributed by atoms with Crippen molar-refractivity contribution in [2.45, 2.75) is 45.1 Å². The van der Waals surface area contributed by atoms with Gasteiger partial charge in [0.1, 0.15) is 0 Å². The molecule has 0 bridgehead atoms. The van der Waals surface area contributed by atoms with Crippen LogP contribution in [0.25, 0.3) is 0 Å². The number of aryl methyl sites for hydroxylation is 3. The molecule has 1 atom stereocenters. The number of nitrogens with zero attached hydrogens (tertiary/aromatic N) is 1. The van der Waals surface area contributed by atoms with Gasteiger partial charge in [-0.1, -0.05) is 41.4 Å². The van der Waals surface area contributed by atoms with Crippen molar-refractivity contribution in [1.29, 1.82) is 0 Å². The van der Waals surface area contributed by atoms with Crippen LogP contribution in [0.5, 0.6) is 0 Å². The molecule has 0 aliphatic carbocycles. The highest BCUT2D eigenvalue weighted by Gasteiger charge is 2.34. The smallest absolute Gasteiger partial charge is 0.243 e. The highest BCUT2D eigenvalue weighted by molar-refractivity contribution is 7.89. The number of hydrogen-bond donors (Lipinski definition) is 1. The average molecular weight is 435 g/mol. The summed E-state index contributed by atoms with van der Waals surface area (Å²) in [5.74, 6) is -0.464. The van der Waals surface area contributed by atoms with Crippen LogP contribution in [0.2, 0.25) is 5.02 Å². The van der Waals surface area contributed by atoms with Gasteiger partial charge >= 0.3 is 0 Å². The van der Waals surface area contributed by atoms with Crippen molar-refractivity contribution in [3.63, 3.8) is 0 Å². The van der Waals surface area contributed by atoms with E-state index in [4.69, 9.17) is 11.6 Å². The minimum Gasteiger partial charge on any atom is -0.352 e. The van der Waals surface area contributed by atoms with Gasteiger partial charge in [-0.3, -0.25) is 4.79 Å². The highest BCUT2D eigenvalue weighted by Crippen LogP contribution is 2.29. The van der Waals surface area contributed by atoms with Gasteiger partial charge in [-0.25, -0.2) is 8.42 Å². The molecule has 1 amide bonds. The van der Waals surface area contributed by atoms with Crippen molar-refractivity contribution < 1.29 is 13.2 Å². The number of carbonyl (C=O) groups excluding carboxylic acids is 1. The summed E-state index contributed by atoms with van der Waals surface area (Å²) in [6.45, 7) is 6.66. The maximum atomic E-state index is 13.3. The molecule has 0 saturated carbocycles. The van der Waals surface area contributed by atoms with Gasteiger partial charge in [0.05, 0.1) is 10.8 Å². The van der Waals surface area contributed by atoms with Gasteiger partial charge in [-0.2, -0.15) is 4.31 Å². The fraction of sp³-hybridized carbons (Fsp3) is 0.409. The van der Waals surface area contributed by atoms with Crippen molar-refractivity contribution in [3.05, 3.63) is 63.7 Å². The molecule has 0 spiro atoms. The predicted molar refractivity (Wildman–Crippen MR) is 115 cm³/mol. The Morgan fingerprint density at radius 1 is 1.14 bits per heavy atom. The van der Waals surface area contributed by atoms with Crippen molar-refractivity contribution in [2.24, 2.45) is 5.92 Å². The minimum atomic E-state index is -3.64. The molecule has 1 saturated heterocycles. The zero-order valence-electron chi connectivity index (χ0n) is 17.0. The van der Waals surface area contributed by atoms with Gasteiger partial charge < -0.3 is 5.32 Å². The molecule has 0 unspecified atom stereocenters. The minimum absolute atomic E-state index is 0.114. The van der Waals surface area contributed by atoms with Crippen LogP contribution < -0.4 is 5.32 Å². The third kappa shape index (κ3) is 5.00. The Morgan fingerprint density at radius 3 is 2.38 bits per heavy atom. The number of nitrogens with one attached hydrogen (secondary N) is 1. The number of amides is 1. The third-order valence-electron chi connectivity index (χ3n) is 5.34. The first-order chi connectivity index (χ1) is 13.7. The first-order valence-corrected chi connectivity index (χ1v) is 11.6. The quantitative estimate of drug-likeness (QED) is 0.773. The normalized spacial score (nSPS) is 17.9. The lowest BCUT2D eigenvalue weighted by molar-refractivity contribution is -0.126. The van der Waals surface area contributed by atoms with E-state index in [9.17, 15) is 13.2 Å². The maximum Gasteiger partial charge on any atom is 0.243 e. The van der Waals surface area contributed by atoms with E-state index in [0.29, 0.717) is 35.8 Å². The van der Waals surface area contributed by atoms with Crippen LogP contribution in [-0.4, -0.2) is 31.7 Å². The number of hydrogen-bond acceptors (Lipinski definition) is 3. The third-order valence-corrected chi connectivity index (χ3v) is 7.76. The summed E-state index contributed by atoms with van der Waals surface area (Å²) in [4.78, 5) is 13.0. The van der Waals surface area contributed by atoms with Crippen LogP contribution in [0.4, 0.5) is 0 Å². The molecule has 29 heavy (non-hydrogen) atoms. The second-order valence-corrected chi connectivity index (χ2v) is 10.1. The molecular formula is C22H27ClN2O3S. The second-order valence-electron chi connectivity index (χ2n) is 7.77. The lowest BCUT2D eigenvalue weighted by Gasteiger charge is -2.32. The molecule has 3 rings (SSSR count). The van der Waals surface area contributed by atoms with E-state index < -0.39 is 10.0 Å². The topological polar surface area (TPSA) is 66.5 Å². The number of carbonyl (C=O) groups is 1. The Balaban J connectivity index is 1.71. The van der Waals surface area contributed by atoms with Gasteiger partial charge in [0.15, 0.2) is 0 Å². The van der Waals surface area contributed by atoms with Crippen LogP contribution >= 0.6 is 11.6 Å². The lowest BCUT2D eigenvalue weighted by atomic mass is 9.99. The molecule has 2 aromatic rings. The first kappa shape index (κ1) is 21.8. The second kappa shape index (κ2) is 8.86. The molecule has 1 aliphatic heterocycles. The SMILES string of the molecule is Cc1cc(C)c(S(=O)(=O)N2CCC[C@@H](C(=O)NCc3ccc(Cl)cc3)C2)c(C)c1. The summed E-state index contributed by atoms with van der Waals surface area (Å²) in [6.07, 6.45) is 1.35. The molecule has 0 radical (unpaired) electrons. The molecular weight excluding hydrogens is 408 g/mol. The van der Waals surface area contributed by atoms with E-state index >= 15 is 0 Å². The van der Waals surface area contributed by atoms with E-state index in [1.165, 1.54) is 4.31 Å². The lowest BCUT2D eigenvalue weighted by Crippen LogP contribution is -2.45. The molecule has 7 heteroatoms. The van der Waals surface area contributed by atoms with Crippen LogP contribution in [0.1, 0.15) is 35.1 Å². The summed E-state index contributed by atoms with van der Waals surface area (Å²) in [7, 11) is -3.64. The molecule has 1 fully saturated rings. The zero-order valence-corrected chi connectivity index (χ0v) is 18.6. The number of piperidine rings is 1. The molecule has 2 aromatic carbocycles. The Kier molecular flexibility index (Phi) is 6.66. The summed E-state index contributed by atoms with van der Waals surface area (Å²) in [5, 5.41) is 3.57. The van der Waals surface area contributed by atoms with Crippen LogP contribution in [0.15, 0.2) is 41.3 Å². The molecule has 1 aliphatic rings. The summed E-state index contributed by atoms with van der Waals surface area (Å²) in [5.41, 5.74) is 3.49. The fourth-order valence-corrected chi connectivity index (χ4v) is 6.07. The maximum absolute atomic E-state index is 13.3. The van der Waals surface area contributed by atoms with Gasteiger partial charge in [-0.15, -0.1) is 0 Å². The molecule has 1 N–H and O–H groups in total. The first-order valence-electron chi connectivity index (χ1n) is 9.78. The summed E-state index contributed by atoms with van der Waals surface area (Å²) >= 11 is 5.89. The Hall–Kier alpha value is -1.89. The van der Waals surface area contributed by atoms with E-state index in [1.54, 1.807) is 12.1 Å². The summed E-state index contributed by atoms with van der Waals surface area (Å²) < 4.78 is 28.1. The van der Waals surface area contributed by atoms with E-state index in [-0.39, 0.29) is 18.4 Å². The van der Waals surface area contributed by atoms with Crippen LogP contribution in [-0.2, 0) is 21.4 Å². The van der Waals surface area contributed by atoms with Crippen molar-refractivity contribution in [1.82, 2.24) is 9.62 Å². The summed E-state index contributed by atoms with van der Waals surface area (Å²) in [6, 6.07) is 11.1. The van der Waals surface area contributed by atoms with E-state index in [1.807, 2.05) is 45.0 Å². The number of benzene rings is 2. The number of sulfonamides is 1. The standard InChI is InChI=1S/C22H27ClN2O3S/c1-15-11-16(2)21(17(3)12-15)29(27,28)25-10-4-5-19(14-25)22(26)24-13-18-6-8-20(23)9-7-18/h6-9,11-12,19H,4-5,10,13-14H2,1-3H3,(H,24,26)/t19-/m1/s1. The zero-order chi connectivity index (χ0) is 21.2. The van der Waals surface area contributed by atoms with Gasteiger partial charge in [0.2, 0.25) is 15.9 Å². The van der Waals surface area contributed by atoms with Gasteiger partial charge in [-0.05, 0) is 62.4 Å². The van der Waals surface area contributed by atoms with E-state index in [2.05, 4.69) is 5.32 Å². The largest absolute Gasteiger partial charge is 0.352 e. The molecule has 5 nitrogen and oxygen atoms in total. The Labute approximate surface area is 178 Å². The highest BCUT2D eigenvalue weighted by atomic mass is 35.5. The van der Waals surface area contributed by atoms with E-state index in [0.717, 1.165) is 22.3 Å². The fourth-order valence-electron chi connectivity index (χ4n) is 4.01. The Morgan fingerprint density at radius 2 is 1.76 bits per heavy atom. The van der Waals surface area contributed by atoms with Crippen molar-refractivity contribution in [2.75, 3.05) is 13.1 Å². The number of rotatable bonds is 5. The molecule has 156 valence electrons. The van der Waals surface area contributed by atoms with Gasteiger partial charge in [0.25, 0.3) is 0 Å². The van der Waals surface area contributed by atoms with Crippen LogP contribution in [0, 0.1) is 26.7 Å². The van der Waals surface area contributed by atoms with Gasteiger partial charge in [0, 0.05) is 24.7 Å². The molecule has 0 aromatic heterocycles. The Bertz CT molecular complexity index is 980. The number of halogens is 1. The average Bonchev–Trinajstić information content (AvgIpc) is 2.66. The molecule has 1 heterocycles.